The summed E-state index contributed by atoms with van der Waals surface area (Å²) in [5.74, 6) is 0.435. The Morgan fingerprint density at radius 1 is 1.29 bits per heavy atom. The number of halogens is 1. The SMILES string of the molecule is CC(C)Oc1cc(F)cnc1C(C)C. The molecule has 2 nitrogen and oxygen atoms in total. The molecular formula is C11H16FNO. The minimum Gasteiger partial charge on any atom is -0.489 e. The Morgan fingerprint density at radius 3 is 2.43 bits per heavy atom. The van der Waals surface area contributed by atoms with Crippen molar-refractivity contribution in [2.45, 2.75) is 39.7 Å². The molecule has 1 aromatic heterocycles. The summed E-state index contributed by atoms with van der Waals surface area (Å²) in [6, 6.07) is 1.39. The number of hydrogen-bond donors (Lipinski definition) is 0. The van der Waals surface area contributed by atoms with Gasteiger partial charge in [-0.1, -0.05) is 13.8 Å². The first-order valence-corrected chi connectivity index (χ1v) is 4.82. The Hall–Kier alpha value is -1.12. The van der Waals surface area contributed by atoms with Gasteiger partial charge in [-0.25, -0.2) is 4.39 Å². The molecule has 3 heteroatoms. The van der Waals surface area contributed by atoms with Crippen molar-refractivity contribution >= 4 is 0 Å². The molecule has 0 N–H and O–H groups in total. The first-order valence-electron chi connectivity index (χ1n) is 4.82. The molecule has 0 radical (unpaired) electrons. The van der Waals surface area contributed by atoms with E-state index in [2.05, 4.69) is 4.98 Å². The van der Waals surface area contributed by atoms with Crippen LogP contribution < -0.4 is 4.74 Å². The van der Waals surface area contributed by atoms with Crippen LogP contribution in [0.3, 0.4) is 0 Å². The van der Waals surface area contributed by atoms with Gasteiger partial charge in [0.15, 0.2) is 0 Å². The van der Waals surface area contributed by atoms with Crippen molar-refractivity contribution in [3.05, 3.63) is 23.8 Å². The lowest BCUT2D eigenvalue weighted by Crippen LogP contribution is -2.09. The lowest BCUT2D eigenvalue weighted by molar-refractivity contribution is 0.236. The minimum absolute atomic E-state index is 0.0381. The third-order valence-electron chi connectivity index (χ3n) is 1.76. The van der Waals surface area contributed by atoms with Crippen molar-refractivity contribution in [3.8, 4) is 5.75 Å². The maximum atomic E-state index is 12.9. The second-order valence-corrected chi connectivity index (χ2v) is 3.86. The summed E-state index contributed by atoms with van der Waals surface area (Å²) in [6.45, 7) is 7.84. The van der Waals surface area contributed by atoms with E-state index in [4.69, 9.17) is 4.74 Å². The van der Waals surface area contributed by atoms with Gasteiger partial charge in [0.05, 0.1) is 18.0 Å². The smallest absolute Gasteiger partial charge is 0.145 e. The molecule has 0 saturated carbocycles. The Balaban J connectivity index is 3.03. The average Bonchev–Trinajstić information content (AvgIpc) is 2.01. The molecule has 0 saturated heterocycles. The first-order chi connectivity index (χ1) is 6.50. The number of pyridine rings is 1. The van der Waals surface area contributed by atoms with E-state index >= 15 is 0 Å². The molecule has 1 heterocycles. The van der Waals surface area contributed by atoms with Gasteiger partial charge in [-0.15, -0.1) is 0 Å². The van der Waals surface area contributed by atoms with Gasteiger partial charge < -0.3 is 4.74 Å². The lowest BCUT2D eigenvalue weighted by Gasteiger charge is -2.15. The molecular weight excluding hydrogens is 181 g/mol. The van der Waals surface area contributed by atoms with Crippen LogP contribution in [0.1, 0.15) is 39.3 Å². The van der Waals surface area contributed by atoms with E-state index in [-0.39, 0.29) is 17.8 Å². The monoisotopic (exact) mass is 197 g/mol. The fraction of sp³-hybridized carbons (Fsp3) is 0.545. The molecule has 78 valence electrons. The van der Waals surface area contributed by atoms with E-state index in [1.165, 1.54) is 12.3 Å². The standard InChI is InChI=1S/C11H16FNO/c1-7(2)11-10(14-8(3)4)5-9(12)6-13-11/h5-8H,1-4H3. The molecule has 0 aliphatic rings. The van der Waals surface area contributed by atoms with Crippen LogP contribution in [0, 0.1) is 5.82 Å². The van der Waals surface area contributed by atoms with Gasteiger partial charge in [0.2, 0.25) is 0 Å². The van der Waals surface area contributed by atoms with Crippen molar-refractivity contribution in [2.24, 2.45) is 0 Å². The van der Waals surface area contributed by atoms with E-state index in [9.17, 15) is 4.39 Å². The second kappa shape index (κ2) is 4.40. The molecule has 1 rings (SSSR count). The summed E-state index contributed by atoms with van der Waals surface area (Å²) in [4.78, 5) is 4.03. The molecule has 0 atom stereocenters. The number of hydrogen-bond acceptors (Lipinski definition) is 2. The van der Waals surface area contributed by atoms with Crippen LogP contribution in [0.2, 0.25) is 0 Å². The molecule has 0 fully saturated rings. The van der Waals surface area contributed by atoms with E-state index in [0.717, 1.165) is 5.69 Å². The summed E-state index contributed by atoms with van der Waals surface area (Å²) < 4.78 is 18.4. The maximum absolute atomic E-state index is 12.9. The number of aromatic nitrogens is 1. The second-order valence-electron chi connectivity index (χ2n) is 3.86. The van der Waals surface area contributed by atoms with Gasteiger partial charge in [0.1, 0.15) is 11.6 Å². The summed E-state index contributed by atoms with van der Waals surface area (Å²) in [6.07, 6.45) is 1.26. The minimum atomic E-state index is -0.356. The summed E-state index contributed by atoms with van der Waals surface area (Å²) in [5.41, 5.74) is 0.806. The number of nitrogens with zero attached hydrogens (tertiary/aromatic N) is 1. The zero-order valence-electron chi connectivity index (χ0n) is 9.04. The van der Waals surface area contributed by atoms with E-state index in [1.54, 1.807) is 0 Å². The first kappa shape index (κ1) is 11.0. The van der Waals surface area contributed by atoms with Crippen LogP contribution in [0.15, 0.2) is 12.3 Å². The Morgan fingerprint density at radius 2 is 1.93 bits per heavy atom. The van der Waals surface area contributed by atoms with Crippen molar-refractivity contribution in [2.75, 3.05) is 0 Å². The van der Waals surface area contributed by atoms with Gasteiger partial charge in [0, 0.05) is 6.07 Å². The zero-order valence-corrected chi connectivity index (χ0v) is 9.04. The predicted molar refractivity (Wildman–Crippen MR) is 54.0 cm³/mol. The fourth-order valence-electron chi connectivity index (χ4n) is 1.21. The van der Waals surface area contributed by atoms with E-state index < -0.39 is 0 Å². The van der Waals surface area contributed by atoms with Gasteiger partial charge in [0.25, 0.3) is 0 Å². The molecule has 14 heavy (non-hydrogen) atoms. The van der Waals surface area contributed by atoms with Crippen LogP contribution in [0.5, 0.6) is 5.75 Å². The summed E-state index contributed by atoms with van der Waals surface area (Å²) in [5, 5.41) is 0. The highest BCUT2D eigenvalue weighted by Crippen LogP contribution is 2.25. The van der Waals surface area contributed by atoms with Crippen LogP contribution >= 0.6 is 0 Å². The third kappa shape index (κ3) is 2.69. The average molecular weight is 197 g/mol. The highest BCUT2D eigenvalue weighted by atomic mass is 19.1. The highest BCUT2D eigenvalue weighted by molar-refractivity contribution is 5.30. The molecule has 0 spiro atoms. The molecule has 0 amide bonds. The van der Waals surface area contributed by atoms with E-state index in [0.29, 0.717) is 5.75 Å². The highest BCUT2D eigenvalue weighted by Gasteiger charge is 2.11. The number of rotatable bonds is 3. The normalized spacial score (nSPS) is 11.1. The third-order valence-corrected chi connectivity index (χ3v) is 1.76. The van der Waals surface area contributed by atoms with Crippen molar-refractivity contribution < 1.29 is 9.13 Å². The van der Waals surface area contributed by atoms with E-state index in [1.807, 2.05) is 27.7 Å². The summed E-state index contributed by atoms with van der Waals surface area (Å²) >= 11 is 0. The Bertz CT molecular complexity index is 310. The Labute approximate surface area is 84.1 Å². The molecule has 0 aliphatic heterocycles. The number of ether oxygens (including phenoxy) is 1. The molecule has 0 bridgehead atoms. The topological polar surface area (TPSA) is 22.1 Å². The van der Waals surface area contributed by atoms with Gasteiger partial charge in [-0.3, -0.25) is 4.98 Å². The van der Waals surface area contributed by atoms with Crippen molar-refractivity contribution in [1.82, 2.24) is 4.98 Å². The molecule has 1 aromatic rings. The van der Waals surface area contributed by atoms with Gasteiger partial charge in [-0.05, 0) is 19.8 Å². The summed E-state index contributed by atoms with van der Waals surface area (Å²) in [7, 11) is 0. The lowest BCUT2D eigenvalue weighted by atomic mass is 10.1. The van der Waals surface area contributed by atoms with Crippen molar-refractivity contribution in [3.63, 3.8) is 0 Å². The fourth-order valence-corrected chi connectivity index (χ4v) is 1.21. The molecule has 0 aliphatic carbocycles. The van der Waals surface area contributed by atoms with Crippen molar-refractivity contribution in [1.29, 1.82) is 0 Å². The maximum Gasteiger partial charge on any atom is 0.145 e. The predicted octanol–water partition coefficient (Wildman–Crippen LogP) is 3.13. The zero-order chi connectivity index (χ0) is 10.7. The van der Waals surface area contributed by atoms with Gasteiger partial charge >= 0.3 is 0 Å². The Kier molecular flexibility index (Phi) is 3.44. The van der Waals surface area contributed by atoms with Gasteiger partial charge in [-0.2, -0.15) is 0 Å². The van der Waals surface area contributed by atoms with Crippen LogP contribution in [0.25, 0.3) is 0 Å². The largest absolute Gasteiger partial charge is 0.489 e. The van der Waals surface area contributed by atoms with Crippen LogP contribution in [-0.4, -0.2) is 11.1 Å². The molecule has 0 unspecified atom stereocenters. The quantitative estimate of drug-likeness (QED) is 0.742. The van der Waals surface area contributed by atoms with Crippen LogP contribution in [-0.2, 0) is 0 Å². The molecule has 0 aromatic carbocycles. The van der Waals surface area contributed by atoms with Crippen LogP contribution in [0.4, 0.5) is 4.39 Å².